The van der Waals surface area contributed by atoms with Gasteiger partial charge >= 0.3 is 0 Å². The third-order valence-electron chi connectivity index (χ3n) is 5.62. The second-order valence-electron chi connectivity index (χ2n) is 7.49. The van der Waals surface area contributed by atoms with Gasteiger partial charge in [0.15, 0.2) is 5.82 Å². The van der Waals surface area contributed by atoms with Crippen molar-refractivity contribution in [3.05, 3.63) is 78.9 Å². The third-order valence-corrected chi connectivity index (χ3v) is 5.62. The fourth-order valence-electron chi connectivity index (χ4n) is 4.03. The lowest BCUT2D eigenvalue weighted by molar-refractivity contribution is -0.118. The Bertz CT molecular complexity index is 1260. The van der Waals surface area contributed by atoms with Gasteiger partial charge in [-0.2, -0.15) is 0 Å². The zero-order chi connectivity index (χ0) is 21.4. The van der Waals surface area contributed by atoms with Gasteiger partial charge in [0, 0.05) is 36.9 Å². The van der Waals surface area contributed by atoms with Crippen molar-refractivity contribution in [2.45, 2.75) is 12.5 Å². The van der Waals surface area contributed by atoms with E-state index in [9.17, 15) is 9.18 Å². The van der Waals surface area contributed by atoms with Crippen LogP contribution >= 0.6 is 0 Å². The summed E-state index contributed by atoms with van der Waals surface area (Å²) >= 11 is 0. The molecular weight excluding hydrogens is 393 g/mol. The second kappa shape index (κ2) is 7.75. The van der Waals surface area contributed by atoms with E-state index in [1.165, 1.54) is 11.0 Å². The first-order chi connectivity index (χ1) is 15.1. The van der Waals surface area contributed by atoms with Crippen LogP contribution in [0.15, 0.2) is 73.1 Å². The van der Waals surface area contributed by atoms with Crippen LogP contribution in [-0.2, 0) is 4.79 Å². The van der Waals surface area contributed by atoms with Crippen molar-refractivity contribution in [2.75, 3.05) is 23.4 Å². The zero-order valence-corrected chi connectivity index (χ0v) is 16.9. The largest absolute Gasteiger partial charge is 0.347 e. The molecule has 0 bridgehead atoms. The number of pyridine rings is 1. The summed E-state index contributed by atoms with van der Waals surface area (Å²) < 4.78 is 14.3. The number of nitrogens with zero attached hydrogens (tertiary/aromatic N) is 5. The Morgan fingerprint density at radius 1 is 1.03 bits per heavy atom. The molecule has 1 atom stereocenters. The SMILES string of the molecule is CN(c1nc(-c2cccnc2)nc2ccccc12)C1CCN(c2ccccc2F)C1=O. The minimum absolute atomic E-state index is 0.141. The number of hydrogen-bond acceptors (Lipinski definition) is 5. The number of hydrogen-bond donors (Lipinski definition) is 0. The van der Waals surface area contributed by atoms with Gasteiger partial charge in [-0.1, -0.05) is 24.3 Å². The molecular formula is C24H20FN5O. The van der Waals surface area contributed by atoms with Gasteiger partial charge in [-0.25, -0.2) is 14.4 Å². The predicted octanol–water partition coefficient (Wildman–Crippen LogP) is 4.07. The number of aromatic nitrogens is 3. The highest BCUT2D eigenvalue weighted by Gasteiger charge is 2.37. The minimum atomic E-state index is -0.445. The van der Waals surface area contributed by atoms with E-state index in [-0.39, 0.29) is 5.91 Å². The van der Waals surface area contributed by atoms with Crippen LogP contribution in [0.3, 0.4) is 0 Å². The number of anilines is 2. The van der Waals surface area contributed by atoms with E-state index in [1.54, 1.807) is 30.6 Å². The van der Waals surface area contributed by atoms with Crippen LogP contribution < -0.4 is 9.80 Å². The molecule has 0 spiro atoms. The van der Waals surface area contributed by atoms with E-state index in [0.29, 0.717) is 30.3 Å². The van der Waals surface area contributed by atoms with Crippen LogP contribution in [0.5, 0.6) is 0 Å². The molecule has 154 valence electrons. The lowest BCUT2D eigenvalue weighted by Crippen LogP contribution is -2.40. The minimum Gasteiger partial charge on any atom is -0.347 e. The topological polar surface area (TPSA) is 62.2 Å². The first-order valence-electron chi connectivity index (χ1n) is 10.1. The van der Waals surface area contributed by atoms with E-state index in [2.05, 4.69) is 9.97 Å². The molecule has 3 heterocycles. The van der Waals surface area contributed by atoms with Gasteiger partial charge in [0.25, 0.3) is 0 Å². The molecule has 5 rings (SSSR count). The molecule has 2 aromatic carbocycles. The van der Waals surface area contributed by atoms with Gasteiger partial charge in [-0.3, -0.25) is 9.78 Å². The Labute approximate surface area is 179 Å². The molecule has 1 unspecified atom stereocenters. The van der Waals surface area contributed by atoms with Crippen molar-refractivity contribution in [1.29, 1.82) is 0 Å². The van der Waals surface area contributed by atoms with Crippen molar-refractivity contribution in [2.24, 2.45) is 0 Å². The van der Waals surface area contributed by atoms with Gasteiger partial charge in [-0.05, 0) is 42.8 Å². The first-order valence-corrected chi connectivity index (χ1v) is 10.1. The molecule has 1 fully saturated rings. The zero-order valence-electron chi connectivity index (χ0n) is 16.9. The van der Waals surface area contributed by atoms with Crippen LogP contribution in [-0.4, -0.2) is 40.5 Å². The summed E-state index contributed by atoms with van der Waals surface area (Å²) in [5, 5.41) is 0.856. The van der Waals surface area contributed by atoms with Gasteiger partial charge in [0.1, 0.15) is 17.7 Å². The van der Waals surface area contributed by atoms with Crippen molar-refractivity contribution in [3.8, 4) is 11.4 Å². The number of para-hydroxylation sites is 2. The fourth-order valence-corrected chi connectivity index (χ4v) is 4.03. The van der Waals surface area contributed by atoms with Crippen LogP contribution in [0, 0.1) is 5.82 Å². The van der Waals surface area contributed by atoms with Crippen molar-refractivity contribution < 1.29 is 9.18 Å². The molecule has 0 radical (unpaired) electrons. The van der Waals surface area contributed by atoms with Crippen LogP contribution in [0.25, 0.3) is 22.3 Å². The highest BCUT2D eigenvalue weighted by Crippen LogP contribution is 2.32. The van der Waals surface area contributed by atoms with Crippen LogP contribution in [0.1, 0.15) is 6.42 Å². The maximum Gasteiger partial charge on any atom is 0.249 e. The first kappa shape index (κ1) is 19.1. The van der Waals surface area contributed by atoms with Gasteiger partial charge in [-0.15, -0.1) is 0 Å². The summed E-state index contributed by atoms with van der Waals surface area (Å²) in [4.78, 5) is 30.3. The summed E-state index contributed by atoms with van der Waals surface area (Å²) in [6.45, 7) is 0.452. The number of benzene rings is 2. The molecule has 6 nitrogen and oxygen atoms in total. The second-order valence-corrected chi connectivity index (χ2v) is 7.49. The lowest BCUT2D eigenvalue weighted by atomic mass is 10.1. The molecule has 0 aliphatic carbocycles. The standard InChI is InChI=1S/C24H20FN5O/c1-29(21-12-14-30(24(21)31)20-11-5-3-9-18(20)25)23-17-8-2-4-10-19(17)27-22(28-23)16-7-6-13-26-15-16/h2-11,13,15,21H,12,14H2,1H3. The summed E-state index contributed by atoms with van der Waals surface area (Å²) in [6.07, 6.45) is 3.99. The molecule has 31 heavy (non-hydrogen) atoms. The van der Waals surface area contributed by atoms with Gasteiger partial charge in [0.05, 0.1) is 11.2 Å². The molecule has 7 heteroatoms. The number of amides is 1. The van der Waals surface area contributed by atoms with E-state index >= 15 is 0 Å². The van der Waals surface area contributed by atoms with E-state index in [0.717, 1.165) is 16.5 Å². The number of carbonyl (C=O) groups is 1. The Balaban J connectivity index is 1.55. The highest BCUT2D eigenvalue weighted by molar-refractivity contribution is 6.02. The number of halogens is 1. The molecule has 1 saturated heterocycles. The molecule has 1 amide bonds. The number of carbonyl (C=O) groups excluding carboxylic acids is 1. The Morgan fingerprint density at radius 2 is 1.84 bits per heavy atom. The molecule has 1 aliphatic rings. The van der Waals surface area contributed by atoms with E-state index < -0.39 is 11.9 Å². The predicted molar refractivity (Wildman–Crippen MR) is 118 cm³/mol. The molecule has 0 N–H and O–H groups in total. The van der Waals surface area contributed by atoms with Crippen LogP contribution in [0.2, 0.25) is 0 Å². The summed E-state index contributed by atoms with van der Waals surface area (Å²) in [5.41, 5.74) is 1.90. The Kier molecular flexibility index (Phi) is 4.78. The van der Waals surface area contributed by atoms with Crippen molar-refractivity contribution in [1.82, 2.24) is 15.0 Å². The Hall–Kier alpha value is -3.87. The average Bonchev–Trinajstić information content (AvgIpc) is 3.19. The monoisotopic (exact) mass is 413 g/mol. The quantitative estimate of drug-likeness (QED) is 0.505. The number of rotatable bonds is 4. The van der Waals surface area contributed by atoms with Gasteiger partial charge < -0.3 is 9.80 Å². The molecule has 2 aromatic heterocycles. The fraction of sp³-hybridized carbons (Fsp3) is 0.167. The molecule has 0 saturated carbocycles. The lowest BCUT2D eigenvalue weighted by Gasteiger charge is -2.26. The van der Waals surface area contributed by atoms with Crippen molar-refractivity contribution in [3.63, 3.8) is 0 Å². The number of likely N-dealkylation sites (N-methyl/N-ethyl adjacent to an activating group) is 1. The van der Waals surface area contributed by atoms with Crippen molar-refractivity contribution >= 4 is 28.3 Å². The molecule has 4 aromatic rings. The highest BCUT2D eigenvalue weighted by atomic mass is 19.1. The van der Waals surface area contributed by atoms with Gasteiger partial charge in [0.2, 0.25) is 5.91 Å². The normalized spacial score (nSPS) is 16.1. The summed E-state index contributed by atoms with van der Waals surface area (Å²) in [6, 6.07) is 17.4. The smallest absolute Gasteiger partial charge is 0.249 e. The van der Waals surface area contributed by atoms with E-state index in [1.807, 2.05) is 48.3 Å². The van der Waals surface area contributed by atoms with E-state index in [4.69, 9.17) is 4.98 Å². The third kappa shape index (κ3) is 3.38. The number of fused-ring (bicyclic) bond motifs is 1. The average molecular weight is 413 g/mol. The van der Waals surface area contributed by atoms with Crippen LogP contribution in [0.4, 0.5) is 15.9 Å². The maximum atomic E-state index is 14.3. The molecule has 1 aliphatic heterocycles. The maximum absolute atomic E-state index is 14.3. The summed E-state index contributed by atoms with van der Waals surface area (Å²) in [5.74, 6) is 0.673. The Morgan fingerprint density at radius 3 is 2.65 bits per heavy atom. The summed E-state index contributed by atoms with van der Waals surface area (Å²) in [7, 11) is 1.86.